The van der Waals surface area contributed by atoms with E-state index in [4.69, 9.17) is 35.3 Å². The maximum absolute atomic E-state index is 12.6. The van der Waals surface area contributed by atoms with Gasteiger partial charge in [0.1, 0.15) is 37.6 Å². The highest BCUT2D eigenvalue weighted by Gasteiger charge is 2.21. The molecule has 0 saturated heterocycles. The van der Waals surface area contributed by atoms with Crippen molar-refractivity contribution in [2.75, 3.05) is 0 Å². The number of hydrogen-bond acceptors (Lipinski definition) is 12. The number of fused-ring (bicyclic) bond motifs is 6. The zero-order valence-corrected chi connectivity index (χ0v) is 18.7. The highest BCUT2D eigenvalue weighted by molar-refractivity contribution is 5.95. The summed E-state index contributed by atoms with van der Waals surface area (Å²) in [5, 5.41) is 0. The Morgan fingerprint density at radius 1 is 0.368 bits per heavy atom. The first kappa shape index (κ1) is 21.5. The maximum atomic E-state index is 12.6. The largest absolute Gasteiger partial charge is 0.454 e. The Balaban J connectivity index is 1.33. The molecular formula is C26H10O12. The lowest BCUT2D eigenvalue weighted by atomic mass is 10.1. The van der Waals surface area contributed by atoms with Crippen molar-refractivity contribution >= 4 is 44.7 Å². The van der Waals surface area contributed by atoms with Gasteiger partial charge in [-0.05, 0) is 0 Å². The van der Waals surface area contributed by atoms with Gasteiger partial charge in [0, 0.05) is 11.1 Å². The molecule has 0 aliphatic heterocycles. The van der Waals surface area contributed by atoms with Gasteiger partial charge in [-0.1, -0.05) is 24.3 Å². The third-order valence-electron chi connectivity index (χ3n) is 5.78. The Bertz CT molecular complexity index is 2160. The molecule has 0 radical (unpaired) electrons. The van der Waals surface area contributed by atoms with Crippen LogP contribution in [0.15, 0.2) is 116 Å². The van der Waals surface area contributed by atoms with Gasteiger partial charge < -0.3 is 35.3 Å². The minimum absolute atomic E-state index is 0.0624. The summed E-state index contributed by atoms with van der Waals surface area (Å²) in [6, 6.07) is 6.46. The third kappa shape index (κ3) is 3.03. The molecule has 0 N–H and O–H groups in total. The zero-order valence-electron chi connectivity index (χ0n) is 18.7. The van der Waals surface area contributed by atoms with Gasteiger partial charge in [-0.2, -0.15) is 0 Å². The van der Waals surface area contributed by atoms with Crippen LogP contribution in [0.4, 0.5) is 0 Å². The van der Waals surface area contributed by atoms with Crippen LogP contribution in [0.1, 0.15) is 0 Å². The lowest BCUT2D eigenvalue weighted by Crippen LogP contribution is -2.23. The van der Waals surface area contributed by atoms with Gasteiger partial charge in [-0.3, -0.25) is 19.2 Å². The van der Waals surface area contributed by atoms with Crippen molar-refractivity contribution in [3.63, 3.8) is 0 Å². The molecule has 7 aromatic rings. The second kappa shape index (κ2) is 7.86. The average Bonchev–Trinajstić information content (AvgIpc) is 2.98. The molecule has 186 valence electrons. The van der Waals surface area contributed by atoms with E-state index in [1.54, 1.807) is 24.3 Å². The fraction of sp³-hybridized carbons (Fsp3) is 0. The van der Waals surface area contributed by atoms with E-state index in [2.05, 4.69) is 0 Å². The minimum Gasteiger partial charge on any atom is -0.454 e. The van der Waals surface area contributed by atoms with Gasteiger partial charge in [0.25, 0.3) is 21.7 Å². The van der Waals surface area contributed by atoms with E-state index < -0.39 is 21.7 Å². The van der Waals surface area contributed by atoms with Crippen LogP contribution in [-0.2, 0) is 0 Å². The first-order chi connectivity index (χ1) is 18.5. The van der Waals surface area contributed by atoms with Crippen molar-refractivity contribution in [3.05, 3.63) is 103 Å². The molecule has 4 aromatic heterocycles. The molecule has 0 atom stereocenters. The highest BCUT2D eigenvalue weighted by atomic mass is 16.4. The van der Waals surface area contributed by atoms with E-state index in [0.29, 0.717) is 11.1 Å². The van der Waals surface area contributed by atoms with Gasteiger partial charge in [0.15, 0.2) is 11.5 Å². The topological polar surface area (TPSA) is 173 Å². The molecular weight excluding hydrogens is 504 g/mol. The van der Waals surface area contributed by atoms with Crippen LogP contribution in [0.5, 0.6) is 0 Å². The SMILES string of the molecule is O=c1c(=O)c2oc(-c3ccc(-c4coc5c(o4)c(=O)c(=O)c4occoc45)cc3)coc2c2occoc12. The fourth-order valence-electron chi connectivity index (χ4n) is 3.99. The Hall–Kier alpha value is -5.78. The maximum Gasteiger partial charge on any atom is 0.276 e. The van der Waals surface area contributed by atoms with Crippen LogP contribution in [0.3, 0.4) is 0 Å². The molecule has 0 bridgehead atoms. The van der Waals surface area contributed by atoms with Crippen LogP contribution in [0.2, 0.25) is 0 Å². The highest BCUT2D eigenvalue weighted by Crippen LogP contribution is 2.30. The lowest BCUT2D eigenvalue weighted by Gasteiger charge is -2.06. The first-order valence-corrected chi connectivity index (χ1v) is 10.8. The number of benzene rings is 3. The molecule has 0 unspecified atom stereocenters. The van der Waals surface area contributed by atoms with E-state index >= 15 is 0 Å². The smallest absolute Gasteiger partial charge is 0.276 e. The Morgan fingerprint density at radius 3 is 1.08 bits per heavy atom. The lowest BCUT2D eigenvalue weighted by molar-refractivity contribution is 0.485. The molecule has 0 saturated carbocycles. The van der Waals surface area contributed by atoms with Crippen molar-refractivity contribution in [3.8, 4) is 22.6 Å². The number of rotatable bonds is 2. The Kier molecular flexibility index (Phi) is 4.45. The molecule has 12 heteroatoms. The van der Waals surface area contributed by atoms with Crippen molar-refractivity contribution in [2.45, 2.75) is 0 Å². The summed E-state index contributed by atoms with van der Waals surface area (Å²) < 4.78 is 43.3. The van der Waals surface area contributed by atoms with E-state index in [0.717, 1.165) is 12.5 Å². The van der Waals surface area contributed by atoms with Crippen LogP contribution < -0.4 is 21.7 Å². The summed E-state index contributed by atoms with van der Waals surface area (Å²) in [5.41, 5.74) is -4.32. The van der Waals surface area contributed by atoms with Gasteiger partial charge in [-0.15, -0.1) is 0 Å². The molecule has 3 aromatic carbocycles. The fourth-order valence-corrected chi connectivity index (χ4v) is 3.99. The van der Waals surface area contributed by atoms with Crippen LogP contribution in [0.25, 0.3) is 67.3 Å². The number of hydrogen-bond donors (Lipinski definition) is 0. The summed E-state index contributed by atoms with van der Waals surface area (Å²) in [4.78, 5) is 49.8. The van der Waals surface area contributed by atoms with Gasteiger partial charge in [-0.25, -0.2) is 0 Å². The van der Waals surface area contributed by atoms with E-state index in [1.807, 2.05) is 0 Å². The standard InChI is InChI=1S/C26H10O12/c27-15-17(29)21-25(23-19(15)31-5-7-33-23)35-9-13(37-21)11-1-2-12(4-3-11)14-10-36-26-22(38-14)18(30)16(28)20-24(26)34-8-6-32-20/h1-10H. The summed E-state index contributed by atoms with van der Waals surface area (Å²) in [7, 11) is 0. The van der Waals surface area contributed by atoms with Gasteiger partial charge in [0.2, 0.25) is 44.7 Å². The average molecular weight is 514 g/mol. The van der Waals surface area contributed by atoms with E-state index in [-0.39, 0.29) is 56.2 Å². The van der Waals surface area contributed by atoms with Crippen molar-refractivity contribution in [1.82, 2.24) is 0 Å². The molecule has 0 fully saturated rings. The molecule has 0 aliphatic carbocycles. The zero-order chi connectivity index (χ0) is 26.0. The third-order valence-corrected chi connectivity index (χ3v) is 5.78. The van der Waals surface area contributed by atoms with Crippen LogP contribution >= 0.6 is 0 Å². The summed E-state index contributed by atoms with van der Waals surface area (Å²) in [6.07, 6.45) is 7.14. The van der Waals surface area contributed by atoms with Crippen LogP contribution in [0, 0.1) is 0 Å². The van der Waals surface area contributed by atoms with Gasteiger partial charge in [0.05, 0.1) is 0 Å². The Labute approximate surface area is 205 Å². The summed E-state index contributed by atoms with van der Waals surface area (Å²) in [6.45, 7) is 0. The van der Waals surface area contributed by atoms with Crippen molar-refractivity contribution < 1.29 is 35.3 Å². The normalized spacial score (nSPS) is 11.6. The second-order valence-corrected chi connectivity index (χ2v) is 7.95. The van der Waals surface area contributed by atoms with Gasteiger partial charge >= 0.3 is 0 Å². The first-order valence-electron chi connectivity index (χ1n) is 10.8. The van der Waals surface area contributed by atoms with E-state index in [1.165, 1.54) is 25.1 Å². The summed E-state index contributed by atoms with van der Waals surface area (Å²) in [5.74, 6) is 0.283. The minimum atomic E-state index is -0.949. The Morgan fingerprint density at radius 2 is 0.684 bits per heavy atom. The van der Waals surface area contributed by atoms with E-state index in [9.17, 15) is 19.2 Å². The van der Waals surface area contributed by atoms with Crippen LogP contribution in [-0.4, -0.2) is 0 Å². The van der Waals surface area contributed by atoms with Crippen molar-refractivity contribution in [2.24, 2.45) is 0 Å². The molecule has 0 amide bonds. The predicted molar refractivity (Wildman–Crippen MR) is 128 cm³/mol. The summed E-state index contributed by atoms with van der Waals surface area (Å²) >= 11 is 0. The quantitative estimate of drug-likeness (QED) is 0.225. The predicted octanol–water partition coefficient (Wildman–Crippen LogP) is 4.94. The molecule has 4 heterocycles. The molecule has 12 nitrogen and oxygen atoms in total. The molecule has 38 heavy (non-hydrogen) atoms. The molecule has 0 aliphatic rings. The van der Waals surface area contributed by atoms with Crippen molar-refractivity contribution in [1.29, 1.82) is 0 Å². The second-order valence-electron chi connectivity index (χ2n) is 7.95. The monoisotopic (exact) mass is 514 g/mol. The molecule has 0 spiro atoms. The molecule has 7 rings (SSSR count).